The quantitative estimate of drug-likeness (QED) is 0.417. The summed E-state index contributed by atoms with van der Waals surface area (Å²) in [5.74, 6) is 0.423. The van der Waals surface area contributed by atoms with Gasteiger partial charge in [0.1, 0.15) is 11.2 Å². The second-order valence-corrected chi connectivity index (χ2v) is 6.06. The van der Waals surface area contributed by atoms with Crippen LogP contribution in [0.5, 0.6) is 0 Å². The van der Waals surface area contributed by atoms with Gasteiger partial charge in [0, 0.05) is 10.8 Å². The van der Waals surface area contributed by atoms with E-state index in [0.29, 0.717) is 5.92 Å². The van der Waals surface area contributed by atoms with E-state index in [-0.39, 0.29) is 0 Å². The molecule has 0 amide bonds. The summed E-state index contributed by atoms with van der Waals surface area (Å²) < 4.78 is 6.14. The normalized spacial score (nSPS) is 11.6. The maximum atomic E-state index is 6.14. The van der Waals surface area contributed by atoms with E-state index in [1.54, 1.807) is 0 Å². The molecule has 0 fully saturated rings. The number of hydrogen-bond donors (Lipinski definition) is 0. The van der Waals surface area contributed by atoms with Gasteiger partial charge >= 0.3 is 0 Å². The highest BCUT2D eigenvalue weighted by atomic mass is 16.3. The minimum absolute atomic E-state index is 0.423. The summed E-state index contributed by atoms with van der Waals surface area (Å²) in [6, 6.07) is 23.3. The molecular weight excluding hydrogens is 268 g/mol. The van der Waals surface area contributed by atoms with Crippen LogP contribution in [0.2, 0.25) is 0 Å². The van der Waals surface area contributed by atoms with E-state index in [4.69, 9.17) is 4.42 Å². The standard InChI is InChI=1S/C21H18O/c1-14(2)18-12-16(15-8-4-3-5-9-15)13-19-17-10-6-7-11-20(17)22-21(18)19/h3-14H,1-2H3. The van der Waals surface area contributed by atoms with Crippen molar-refractivity contribution in [1.82, 2.24) is 0 Å². The van der Waals surface area contributed by atoms with Crippen LogP contribution in [-0.2, 0) is 0 Å². The molecule has 1 aromatic heterocycles. The molecule has 0 N–H and O–H groups in total. The number of rotatable bonds is 2. The summed E-state index contributed by atoms with van der Waals surface area (Å²) in [7, 11) is 0. The van der Waals surface area contributed by atoms with Crippen molar-refractivity contribution in [1.29, 1.82) is 0 Å². The molecule has 22 heavy (non-hydrogen) atoms. The van der Waals surface area contributed by atoms with Gasteiger partial charge in [0.25, 0.3) is 0 Å². The van der Waals surface area contributed by atoms with Crippen LogP contribution < -0.4 is 0 Å². The smallest absolute Gasteiger partial charge is 0.138 e. The molecule has 4 rings (SSSR count). The predicted octanol–water partition coefficient (Wildman–Crippen LogP) is 6.38. The van der Waals surface area contributed by atoms with Crippen LogP contribution in [0, 0.1) is 0 Å². The van der Waals surface area contributed by atoms with Crippen LogP contribution in [0.15, 0.2) is 71.1 Å². The molecule has 4 aromatic rings. The van der Waals surface area contributed by atoms with Crippen LogP contribution in [0.25, 0.3) is 33.1 Å². The first-order valence-electron chi connectivity index (χ1n) is 7.74. The third kappa shape index (κ3) is 2.01. The van der Waals surface area contributed by atoms with Gasteiger partial charge in [-0.3, -0.25) is 0 Å². The molecule has 1 heterocycles. The van der Waals surface area contributed by atoms with E-state index >= 15 is 0 Å². The molecule has 0 saturated heterocycles. The summed E-state index contributed by atoms with van der Waals surface area (Å²) in [5, 5.41) is 2.40. The first-order chi connectivity index (χ1) is 10.7. The lowest BCUT2D eigenvalue weighted by atomic mass is 9.94. The topological polar surface area (TPSA) is 13.1 Å². The second kappa shape index (κ2) is 5.03. The Morgan fingerprint density at radius 3 is 2.23 bits per heavy atom. The van der Waals surface area contributed by atoms with Crippen molar-refractivity contribution in [2.75, 3.05) is 0 Å². The fourth-order valence-electron chi connectivity index (χ4n) is 3.08. The van der Waals surface area contributed by atoms with E-state index in [9.17, 15) is 0 Å². The number of fused-ring (bicyclic) bond motifs is 3. The van der Waals surface area contributed by atoms with E-state index in [1.165, 1.54) is 27.5 Å². The van der Waals surface area contributed by atoms with Crippen LogP contribution in [0.4, 0.5) is 0 Å². The van der Waals surface area contributed by atoms with Crippen molar-refractivity contribution in [3.63, 3.8) is 0 Å². The molecule has 0 spiro atoms. The Labute approximate surface area is 130 Å². The summed E-state index contributed by atoms with van der Waals surface area (Å²) in [6.45, 7) is 4.44. The van der Waals surface area contributed by atoms with Crippen LogP contribution in [0.3, 0.4) is 0 Å². The van der Waals surface area contributed by atoms with Crippen molar-refractivity contribution >= 4 is 21.9 Å². The average molecular weight is 286 g/mol. The number of para-hydroxylation sites is 1. The van der Waals surface area contributed by atoms with Gasteiger partial charge < -0.3 is 4.42 Å². The Bertz CT molecular complexity index is 946. The molecule has 0 aliphatic heterocycles. The molecule has 108 valence electrons. The van der Waals surface area contributed by atoms with E-state index in [1.807, 2.05) is 12.1 Å². The molecule has 0 bridgehead atoms. The van der Waals surface area contributed by atoms with Gasteiger partial charge in [0.15, 0.2) is 0 Å². The van der Waals surface area contributed by atoms with Crippen LogP contribution in [-0.4, -0.2) is 0 Å². The zero-order valence-electron chi connectivity index (χ0n) is 12.8. The maximum absolute atomic E-state index is 6.14. The van der Waals surface area contributed by atoms with Gasteiger partial charge in [-0.1, -0.05) is 62.4 Å². The first-order valence-corrected chi connectivity index (χ1v) is 7.74. The molecule has 0 aliphatic rings. The Kier molecular flexibility index (Phi) is 3.00. The molecular formula is C21H18O. The van der Waals surface area contributed by atoms with E-state index < -0.39 is 0 Å². The Morgan fingerprint density at radius 1 is 0.727 bits per heavy atom. The fourth-order valence-corrected chi connectivity index (χ4v) is 3.08. The number of hydrogen-bond acceptors (Lipinski definition) is 1. The largest absolute Gasteiger partial charge is 0.456 e. The number of furan rings is 1. The average Bonchev–Trinajstić information content (AvgIpc) is 2.93. The van der Waals surface area contributed by atoms with Crippen molar-refractivity contribution in [2.24, 2.45) is 0 Å². The molecule has 0 atom stereocenters. The minimum atomic E-state index is 0.423. The summed E-state index contributed by atoms with van der Waals surface area (Å²) in [4.78, 5) is 0. The third-order valence-corrected chi connectivity index (χ3v) is 4.24. The summed E-state index contributed by atoms with van der Waals surface area (Å²) in [5.41, 5.74) is 5.76. The lowest BCUT2D eigenvalue weighted by Crippen LogP contribution is -1.89. The van der Waals surface area contributed by atoms with Gasteiger partial charge in [0.05, 0.1) is 0 Å². The molecule has 0 unspecified atom stereocenters. The monoisotopic (exact) mass is 286 g/mol. The van der Waals surface area contributed by atoms with Crippen molar-refractivity contribution in [3.05, 3.63) is 72.3 Å². The van der Waals surface area contributed by atoms with Gasteiger partial charge in [-0.25, -0.2) is 0 Å². The molecule has 3 aromatic carbocycles. The van der Waals surface area contributed by atoms with Crippen molar-refractivity contribution in [3.8, 4) is 11.1 Å². The van der Waals surface area contributed by atoms with E-state index in [2.05, 4.69) is 68.4 Å². The molecule has 0 radical (unpaired) electrons. The lowest BCUT2D eigenvalue weighted by molar-refractivity contribution is 0.657. The molecule has 1 nitrogen and oxygen atoms in total. The Morgan fingerprint density at radius 2 is 1.45 bits per heavy atom. The Balaban J connectivity index is 2.10. The Hall–Kier alpha value is -2.54. The highest BCUT2D eigenvalue weighted by Gasteiger charge is 2.15. The van der Waals surface area contributed by atoms with Gasteiger partial charge in [-0.2, -0.15) is 0 Å². The van der Waals surface area contributed by atoms with Crippen LogP contribution >= 0.6 is 0 Å². The van der Waals surface area contributed by atoms with Crippen molar-refractivity contribution < 1.29 is 4.42 Å². The third-order valence-electron chi connectivity index (χ3n) is 4.24. The summed E-state index contributed by atoms with van der Waals surface area (Å²) >= 11 is 0. The maximum Gasteiger partial charge on any atom is 0.138 e. The number of benzene rings is 3. The van der Waals surface area contributed by atoms with Gasteiger partial charge in [0.2, 0.25) is 0 Å². The summed E-state index contributed by atoms with van der Waals surface area (Å²) in [6.07, 6.45) is 0. The van der Waals surface area contributed by atoms with Crippen molar-refractivity contribution in [2.45, 2.75) is 19.8 Å². The zero-order chi connectivity index (χ0) is 15.1. The highest BCUT2D eigenvalue weighted by molar-refractivity contribution is 6.07. The lowest BCUT2D eigenvalue weighted by Gasteiger charge is -2.10. The van der Waals surface area contributed by atoms with Crippen LogP contribution in [0.1, 0.15) is 25.3 Å². The van der Waals surface area contributed by atoms with Gasteiger partial charge in [-0.15, -0.1) is 0 Å². The first kappa shape index (κ1) is 13.1. The predicted molar refractivity (Wildman–Crippen MR) is 93.2 cm³/mol. The molecule has 1 heteroatoms. The second-order valence-electron chi connectivity index (χ2n) is 6.06. The molecule has 0 saturated carbocycles. The van der Waals surface area contributed by atoms with Gasteiger partial charge in [-0.05, 0) is 40.8 Å². The minimum Gasteiger partial charge on any atom is -0.456 e. The molecule has 0 aliphatic carbocycles. The SMILES string of the molecule is CC(C)c1cc(-c2ccccc2)cc2c1oc1ccccc12. The highest BCUT2D eigenvalue weighted by Crippen LogP contribution is 2.37. The van der Waals surface area contributed by atoms with E-state index in [0.717, 1.165) is 11.2 Å². The fraction of sp³-hybridized carbons (Fsp3) is 0.143. The zero-order valence-corrected chi connectivity index (χ0v) is 12.8.